The van der Waals surface area contributed by atoms with Crippen LogP contribution in [0.1, 0.15) is 25.7 Å². The van der Waals surface area contributed by atoms with Gasteiger partial charge in [0.1, 0.15) is 0 Å². The van der Waals surface area contributed by atoms with E-state index in [1.54, 1.807) is 0 Å². The molecule has 0 aliphatic heterocycles. The molecule has 17 heteroatoms. The number of aliphatic hydroxyl groups is 2. The molecule has 0 radical (unpaired) electrons. The molecule has 0 aromatic rings. The monoisotopic (exact) mass is 600 g/mol. The summed E-state index contributed by atoms with van der Waals surface area (Å²) in [7, 11) is 0. The first kappa shape index (κ1) is 36.7. The van der Waals surface area contributed by atoms with Crippen LogP contribution in [0.15, 0.2) is 12.2 Å². The molecular weight excluding hydrogens is 581 g/mol. The van der Waals surface area contributed by atoms with E-state index in [1.165, 1.54) is 0 Å². The van der Waals surface area contributed by atoms with Crippen molar-refractivity contribution in [1.29, 1.82) is 0 Å². The molecule has 0 aromatic heterocycles. The van der Waals surface area contributed by atoms with Crippen LogP contribution in [0.5, 0.6) is 0 Å². The molecule has 4 N–H and O–H groups in total. The van der Waals surface area contributed by atoms with Crippen molar-refractivity contribution in [2.24, 2.45) is 0 Å². The number of hydrogen-bond donors (Lipinski definition) is 2. The molecular formula is C16H18F12N2O2Ru. The van der Waals surface area contributed by atoms with Gasteiger partial charge in [-0.05, 0) is 0 Å². The molecule has 196 valence electrons. The minimum absolute atomic E-state index is 0. The second kappa shape index (κ2) is 13.9. The first-order valence-corrected chi connectivity index (χ1v) is 8.23. The van der Waals surface area contributed by atoms with Gasteiger partial charge in [0.05, 0.1) is 0 Å². The number of halogens is 12. The van der Waals surface area contributed by atoms with E-state index in [1.807, 2.05) is 0 Å². The fraction of sp³-hybridized carbons (Fsp3) is 0.750. The van der Waals surface area contributed by atoms with Crippen molar-refractivity contribution in [1.82, 2.24) is 0 Å². The van der Waals surface area contributed by atoms with Crippen molar-refractivity contribution in [2.75, 3.05) is 13.1 Å². The van der Waals surface area contributed by atoms with E-state index >= 15 is 0 Å². The summed E-state index contributed by atoms with van der Waals surface area (Å²) in [6.45, 7) is -4.39. The summed E-state index contributed by atoms with van der Waals surface area (Å²) in [4.78, 5) is 0. The van der Waals surface area contributed by atoms with Crippen molar-refractivity contribution < 1.29 is 82.4 Å². The Morgan fingerprint density at radius 1 is 0.576 bits per heavy atom. The molecule has 0 amide bonds. The number of allylic oxidation sites excluding steroid dienone is 4. The molecule has 0 saturated carbocycles. The summed E-state index contributed by atoms with van der Waals surface area (Å²) in [6.07, 6.45) is -8.47. The normalized spacial score (nSPS) is 15.8. The van der Waals surface area contributed by atoms with E-state index in [9.17, 15) is 52.7 Å². The molecule has 0 atom stereocenters. The fourth-order valence-corrected chi connectivity index (χ4v) is 1.44. The van der Waals surface area contributed by atoms with E-state index in [2.05, 4.69) is 24.3 Å². The second-order valence-corrected chi connectivity index (χ2v) is 5.96. The first-order valence-electron chi connectivity index (χ1n) is 8.23. The molecule has 1 aliphatic rings. The van der Waals surface area contributed by atoms with E-state index in [0.29, 0.717) is 0 Å². The SMILES string of the molecule is [C-]1=CCCC=[C-]CC1.[NH-]CC(O)(C(F)(F)F)C(F)(F)F.[NH-]CC(O)(C(F)(F)F)C(F)(F)F.[Ru+4]. The fourth-order valence-electron chi connectivity index (χ4n) is 1.44. The Morgan fingerprint density at radius 2 is 0.788 bits per heavy atom. The van der Waals surface area contributed by atoms with Crippen LogP contribution in [-0.4, -0.2) is 59.2 Å². The topological polar surface area (TPSA) is 88.1 Å². The van der Waals surface area contributed by atoms with E-state index in [-0.39, 0.29) is 19.5 Å². The average molecular weight is 599 g/mol. The van der Waals surface area contributed by atoms with Gasteiger partial charge >= 0.3 is 44.2 Å². The molecule has 0 spiro atoms. The minimum Gasteiger partial charge on any atom is -0.675 e. The van der Waals surface area contributed by atoms with Gasteiger partial charge in [0.25, 0.3) is 0 Å². The van der Waals surface area contributed by atoms with Gasteiger partial charge in [-0.1, -0.05) is 12.8 Å². The summed E-state index contributed by atoms with van der Waals surface area (Å²) in [5.74, 6) is 0. The zero-order valence-corrected chi connectivity index (χ0v) is 17.9. The Kier molecular flexibility index (Phi) is 15.4. The Bertz CT molecular complexity index is 506. The summed E-state index contributed by atoms with van der Waals surface area (Å²) in [6, 6.07) is 0. The number of alkyl halides is 12. The molecule has 0 unspecified atom stereocenters. The van der Waals surface area contributed by atoms with Crippen LogP contribution in [0, 0.1) is 12.2 Å². The molecule has 33 heavy (non-hydrogen) atoms. The zero-order valence-electron chi connectivity index (χ0n) is 16.2. The van der Waals surface area contributed by atoms with E-state index < -0.39 is 49.0 Å². The van der Waals surface area contributed by atoms with Crippen LogP contribution in [-0.2, 0) is 19.5 Å². The first-order chi connectivity index (χ1) is 14.1. The Morgan fingerprint density at radius 3 is 0.909 bits per heavy atom. The van der Waals surface area contributed by atoms with Gasteiger partial charge < -0.3 is 33.8 Å². The standard InChI is InChI=1S/C8H10.2C4H4F6NO.Ru/c1-2-4-6-8-7-5-3-1;2*5-3(6,7)2(12,1-11)4(8,9)10;/h1,6H,2,4-5,7H2;2*11-12H,1H2;/q-2;2*-1;+4. The molecule has 0 fully saturated rings. The van der Waals surface area contributed by atoms with Crippen molar-refractivity contribution in [3.63, 3.8) is 0 Å². The van der Waals surface area contributed by atoms with Gasteiger partial charge in [0, 0.05) is 0 Å². The molecule has 0 bridgehead atoms. The Balaban J connectivity index is -0.000000410. The van der Waals surface area contributed by atoms with Gasteiger partial charge in [-0.2, -0.15) is 52.7 Å². The maximum Gasteiger partial charge on any atom is 4.00 e. The van der Waals surface area contributed by atoms with Crippen molar-refractivity contribution in [2.45, 2.75) is 61.6 Å². The zero-order chi connectivity index (χ0) is 26.1. The van der Waals surface area contributed by atoms with Crippen LogP contribution in [0.25, 0.3) is 11.5 Å². The number of hydrogen-bond acceptors (Lipinski definition) is 2. The Labute approximate surface area is 193 Å². The third-order valence-electron chi connectivity index (χ3n) is 3.55. The maximum absolute atomic E-state index is 11.5. The van der Waals surface area contributed by atoms with Gasteiger partial charge in [0.2, 0.25) is 11.2 Å². The molecule has 0 saturated heterocycles. The van der Waals surface area contributed by atoms with Crippen molar-refractivity contribution >= 4 is 0 Å². The smallest absolute Gasteiger partial charge is 0.675 e. The average Bonchev–Trinajstić information content (AvgIpc) is 2.56. The summed E-state index contributed by atoms with van der Waals surface area (Å²) >= 11 is 0. The summed E-state index contributed by atoms with van der Waals surface area (Å²) in [5.41, 5.74) is 2.12. The summed E-state index contributed by atoms with van der Waals surface area (Å²) in [5, 5.41) is 16.1. The van der Waals surface area contributed by atoms with Gasteiger partial charge in [0.15, 0.2) is 0 Å². The van der Waals surface area contributed by atoms with Gasteiger partial charge in [-0.3, -0.25) is 12.2 Å². The minimum atomic E-state index is -5.87. The predicted molar refractivity (Wildman–Crippen MR) is 86.6 cm³/mol. The molecule has 1 rings (SSSR count). The molecule has 0 aromatic carbocycles. The van der Waals surface area contributed by atoms with Crippen LogP contribution in [0.2, 0.25) is 0 Å². The maximum atomic E-state index is 11.5. The van der Waals surface area contributed by atoms with Crippen molar-refractivity contribution in [3.05, 3.63) is 35.8 Å². The number of rotatable bonds is 2. The van der Waals surface area contributed by atoms with Gasteiger partial charge in [-0.25, -0.2) is 12.8 Å². The third-order valence-corrected chi connectivity index (χ3v) is 3.55. The van der Waals surface area contributed by atoms with Crippen molar-refractivity contribution in [3.8, 4) is 0 Å². The van der Waals surface area contributed by atoms with Crippen LogP contribution < -0.4 is 0 Å². The molecule has 0 heterocycles. The molecule has 4 nitrogen and oxygen atoms in total. The van der Waals surface area contributed by atoms with E-state index in [0.717, 1.165) is 25.7 Å². The predicted octanol–water partition coefficient (Wildman–Crippen LogP) is 6.07. The largest absolute Gasteiger partial charge is 4.00 e. The van der Waals surface area contributed by atoms with Gasteiger partial charge in [-0.15, -0.1) is 13.1 Å². The molecule has 1 aliphatic carbocycles. The quantitative estimate of drug-likeness (QED) is 0.230. The third kappa shape index (κ3) is 10.9. The van der Waals surface area contributed by atoms with Crippen LogP contribution in [0.3, 0.4) is 0 Å². The number of nitrogens with one attached hydrogen (secondary N) is 2. The Hall–Kier alpha value is -0.897. The summed E-state index contributed by atoms with van der Waals surface area (Å²) < 4.78 is 138. The van der Waals surface area contributed by atoms with Crippen LogP contribution in [0.4, 0.5) is 52.7 Å². The van der Waals surface area contributed by atoms with E-state index in [4.69, 9.17) is 21.7 Å². The van der Waals surface area contributed by atoms with Crippen LogP contribution >= 0.6 is 0 Å². The second-order valence-electron chi connectivity index (χ2n) is 5.96.